The summed E-state index contributed by atoms with van der Waals surface area (Å²) in [6.45, 7) is 4.02. The fourth-order valence-electron chi connectivity index (χ4n) is 2.29. The zero-order chi connectivity index (χ0) is 21.6. The highest BCUT2D eigenvalue weighted by molar-refractivity contribution is 5.97. The number of nitrogens with zero attached hydrogens (tertiary/aromatic N) is 1. The van der Waals surface area contributed by atoms with Gasteiger partial charge in [-0.2, -0.15) is 13.2 Å². The summed E-state index contributed by atoms with van der Waals surface area (Å²) in [4.78, 5) is 28.4. The monoisotopic (exact) mass is 409 g/mol. The molecule has 1 aromatic heterocycles. The number of ether oxygens (including phenoxy) is 1. The van der Waals surface area contributed by atoms with E-state index in [1.54, 1.807) is 39.0 Å². The van der Waals surface area contributed by atoms with Crippen LogP contribution in [0.2, 0.25) is 0 Å². The summed E-state index contributed by atoms with van der Waals surface area (Å²) >= 11 is 0. The van der Waals surface area contributed by atoms with E-state index in [4.69, 9.17) is 0 Å². The van der Waals surface area contributed by atoms with Crippen LogP contribution in [-0.2, 0) is 11.3 Å². The van der Waals surface area contributed by atoms with Gasteiger partial charge in [0.15, 0.2) is 6.61 Å². The van der Waals surface area contributed by atoms with Gasteiger partial charge in [-0.1, -0.05) is 26.0 Å². The largest absolute Gasteiger partial charge is 0.484 e. The summed E-state index contributed by atoms with van der Waals surface area (Å²) in [7, 11) is 0. The van der Waals surface area contributed by atoms with Gasteiger partial charge in [0, 0.05) is 23.7 Å². The maximum Gasteiger partial charge on any atom is 0.422 e. The average Bonchev–Trinajstić information content (AvgIpc) is 2.64. The highest BCUT2D eigenvalue weighted by Gasteiger charge is 2.28. The van der Waals surface area contributed by atoms with E-state index in [1.807, 2.05) is 0 Å². The lowest BCUT2D eigenvalue weighted by Crippen LogP contribution is -2.24. The van der Waals surface area contributed by atoms with E-state index in [0.717, 1.165) is 0 Å². The molecular weight excluding hydrogens is 387 g/mol. The van der Waals surface area contributed by atoms with E-state index in [0.29, 0.717) is 22.6 Å². The quantitative estimate of drug-likeness (QED) is 0.728. The smallest absolute Gasteiger partial charge is 0.422 e. The number of benzene rings is 1. The van der Waals surface area contributed by atoms with Crippen molar-refractivity contribution >= 4 is 17.6 Å². The zero-order valence-corrected chi connectivity index (χ0v) is 16.3. The van der Waals surface area contributed by atoms with Crippen LogP contribution in [0.25, 0.3) is 0 Å². The summed E-state index contributed by atoms with van der Waals surface area (Å²) < 4.78 is 41.1. The molecule has 2 amide bonds. The molecule has 0 unspecified atom stereocenters. The molecule has 0 saturated heterocycles. The van der Waals surface area contributed by atoms with Crippen LogP contribution in [0.5, 0.6) is 5.75 Å². The van der Waals surface area contributed by atoms with Gasteiger partial charge < -0.3 is 15.4 Å². The second kappa shape index (κ2) is 9.40. The second-order valence-corrected chi connectivity index (χ2v) is 6.76. The Bertz CT molecular complexity index is 866. The van der Waals surface area contributed by atoms with Crippen molar-refractivity contribution in [2.75, 3.05) is 11.9 Å². The number of nitrogens with one attached hydrogen (secondary N) is 2. The van der Waals surface area contributed by atoms with E-state index in [9.17, 15) is 22.8 Å². The van der Waals surface area contributed by atoms with Crippen molar-refractivity contribution in [3.63, 3.8) is 0 Å². The molecular formula is C20H22F3N3O3. The third-order valence-electron chi connectivity index (χ3n) is 3.77. The highest BCUT2D eigenvalue weighted by atomic mass is 19.4. The first-order valence-electron chi connectivity index (χ1n) is 8.90. The van der Waals surface area contributed by atoms with Crippen molar-refractivity contribution in [1.82, 2.24) is 10.3 Å². The Hall–Kier alpha value is -3.10. The summed E-state index contributed by atoms with van der Waals surface area (Å²) in [5.74, 6) is -0.416. The SMILES string of the molecule is Cc1cc(C(=O)NCc2ccc(OCC(F)(F)F)cc2)cc(NC(=O)C(C)C)n1. The van der Waals surface area contributed by atoms with Crippen LogP contribution >= 0.6 is 0 Å². The zero-order valence-electron chi connectivity index (χ0n) is 16.3. The third-order valence-corrected chi connectivity index (χ3v) is 3.77. The minimum absolute atomic E-state index is 0.0905. The Morgan fingerprint density at radius 1 is 1.14 bits per heavy atom. The van der Waals surface area contributed by atoms with E-state index >= 15 is 0 Å². The van der Waals surface area contributed by atoms with Crippen LogP contribution in [0.15, 0.2) is 36.4 Å². The molecule has 6 nitrogen and oxygen atoms in total. The lowest BCUT2D eigenvalue weighted by molar-refractivity contribution is -0.153. The molecule has 0 aliphatic rings. The first-order valence-corrected chi connectivity index (χ1v) is 8.90. The van der Waals surface area contributed by atoms with Crippen LogP contribution in [0.1, 0.15) is 35.5 Å². The topological polar surface area (TPSA) is 80.3 Å². The van der Waals surface area contributed by atoms with Crippen LogP contribution < -0.4 is 15.4 Å². The van der Waals surface area contributed by atoms with Crippen molar-refractivity contribution < 1.29 is 27.5 Å². The second-order valence-electron chi connectivity index (χ2n) is 6.76. The van der Waals surface area contributed by atoms with E-state index in [1.165, 1.54) is 18.2 Å². The van der Waals surface area contributed by atoms with Gasteiger partial charge in [-0.3, -0.25) is 9.59 Å². The summed E-state index contributed by atoms with van der Waals surface area (Å²) in [6.07, 6.45) is -4.40. The van der Waals surface area contributed by atoms with E-state index in [-0.39, 0.29) is 30.0 Å². The van der Waals surface area contributed by atoms with Gasteiger partial charge in [-0.25, -0.2) is 4.98 Å². The Labute approximate surface area is 166 Å². The summed E-state index contributed by atoms with van der Waals surface area (Å²) in [6, 6.07) is 9.02. The van der Waals surface area contributed by atoms with Crippen LogP contribution in [-0.4, -0.2) is 29.6 Å². The molecule has 0 atom stereocenters. The molecule has 1 heterocycles. The predicted molar refractivity (Wildman–Crippen MR) is 102 cm³/mol. The lowest BCUT2D eigenvalue weighted by Gasteiger charge is -2.11. The number of halogens is 3. The number of carbonyl (C=O) groups is 2. The van der Waals surface area contributed by atoms with E-state index in [2.05, 4.69) is 20.4 Å². The van der Waals surface area contributed by atoms with E-state index < -0.39 is 12.8 Å². The summed E-state index contributed by atoms with van der Waals surface area (Å²) in [5.41, 5.74) is 1.60. The summed E-state index contributed by atoms with van der Waals surface area (Å²) in [5, 5.41) is 5.38. The molecule has 1 aromatic carbocycles. The van der Waals surface area contributed by atoms with Gasteiger partial charge in [-0.15, -0.1) is 0 Å². The van der Waals surface area contributed by atoms with Crippen LogP contribution in [0, 0.1) is 12.8 Å². The van der Waals surface area contributed by atoms with Crippen molar-refractivity contribution in [3.05, 3.63) is 53.2 Å². The number of aryl methyl sites for hydroxylation is 1. The van der Waals surface area contributed by atoms with Gasteiger partial charge in [0.05, 0.1) is 0 Å². The fourth-order valence-corrected chi connectivity index (χ4v) is 2.29. The van der Waals surface area contributed by atoms with Gasteiger partial charge >= 0.3 is 6.18 Å². The number of amides is 2. The number of alkyl halides is 3. The first-order chi connectivity index (χ1) is 13.5. The van der Waals surface area contributed by atoms with Crippen LogP contribution in [0.4, 0.5) is 19.0 Å². The molecule has 2 N–H and O–H groups in total. The van der Waals surface area contributed by atoms with Gasteiger partial charge in [0.1, 0.15) is 11.6 Å². The maximum atomic E-state index is 12.4. The van der Waals surface area contributed by atoms with Crippen LogP contribution in [0.3, 0.4) is 0 Å². The van der Waals surface area contributed by atoms with Crippen molar-refractivity contribution in [2.24, 2.45) is 5.92 Å². The third kappa shape index (κ3) is 7.44. The minimum Gasteiger partial charge on any atom is -0.484 e. The van der Waals surface area contributed by atoms with Gasteiger partial charge in [-0.05, 0) is 36.8 Å². The van der Waals surface area contributed by atoms with Crippen molar-refractivity contribution in [1.29, 1.82) is 0 Å². The van der Waals surface area contributed by atoms with Gasteiger partial charge in [0.25, 0.3) is 5.91 Å². The number of pyridine rings is 1. The lowest BCUT2D eigenvalue weighted by atomic mass is 10.1. The molecule has 156 valence electrons. The standard InChI is InChI=1S/C20H22F3N3O3/c1-12(2)18(27)26-17-9-15(8-13(3)25-17)19(28)24-10-14-4-6-16(7-5-14)29-11-20(21,22)23/h4-9,12H,10-11H2,1-3H3,(H,24,28)(H,25,26,27). The molecule has 0 aliphatic carbocycles. The number of hydrogen-bond acceptors (Lipinski definition) is 4. The maximum absolute atomic E-state index is 12.4. The Morgan fingerprint density at radius 3 is 2.38 bits per heavy atom. The molecule has 0 aliphatic heterocycles. The Morgan fingerprint density at radius 2 is 1.79 bits per heavy atom. The number of aromatic nitrogens is 1. The number of rotatable bonds is 7. The number of carbonyl (C=O) groups excluding carboxylic acids is 2. The Kier molecular flexibility index (Phi) is 7.19. The molecule has 9 heteroatoms. The van der Waals surface area contributed by atoms with Gasteiger partial charge in [0.2, 0.25) is 5.91 Å². The highest BCUT2D eigenvalue weighted by Crippen LogP contribution is 2.19. The number of hydrogen-bond donors (Lipinski definition) is 2. The minimum atomic E-state index is -4.40. The fraction of sp³-hybridized carbons (Fsp3) is 0.350. The molecule has 0 radical (unpaired) electrons. The predicted octanol–water partition coefficient (Wildman–Crippen LogP) is 3.86. The van der Waals surface area contributed by atoms with Crippen molar-refractivity contribution in [3.8, 4) is 5.75 Å². The van der Waals surface area contributed by atoms with Crippen molar-refractivity contribution in [2.45, 2.75) is 33.5 Å². The number of anilines is 1. The first kappa shape index (κ1) is 22.2. The average molecular weight is 409 g/mol. The molecule has 2 aromatic rings. The molecule has 0 bridgehead atoms. The molecule has 2 rings (SSSR count). The Balaban J connectivity index is 1.96. The molecule has 29 heavy (non-hydrogen) atoms. The molecule has 0 saturated carbocycles. The normalized spacial score (nSPS) is 11.3. The molecule has 0 fully saturated rings. The molecule has 0 spiro atoms.